The van der Waals surface area contributed by atoms with Crippen molar-refractivity contribution in [2.45, 2.75) is 50.2 Å². The molecule has 3 rings (SSSR count). The monoisotopic (exact) mass is 284 g/mol. The molecule has 3 aliphatic rings. The first-order valence-electron chi connectivity index (χ1n) is 6.96. The van der Waals surface area contributed by atoms with Gasteiger partial charge in [0.05, 0.1) is 11.8 Å². The summed E-state index contributed by atoms with van der Waals surface area (Å²) in [5.41, 5.74) is 0. The van der Waals surface area contributed by atoms with E-state index >= 15 is 0 Å². The second-order valence-electron chi connectivity index (χ2n) is 6.01. The number of rotatable bonds is 3. The molecular formula is C13H20N2O3S. The molecule has 3 aliphatic heterocycles. The Labute approximate surface area is 113 Å². The van der Waals surface area contributed by atoms with Gasteiger partial charge in [-0.2, -0.15) is 0 Å². The Morgan fingerprint density at radius 3 is 2.53 bits per heavy atom. The van der Waals surface area contributed by atoms with E-state index in [0.717, 1.165) is 12.8 Å². The summed E-state index contributed by atoms with van der Waals surface area (Å²) < 4.78 is 22.5. The zero-order chi connectivity index (χ0) is 13.5. The van der Waals surface area contributed by atoms with Crippen LogP contribution in [0.15, 0.2) is 11.5 Å². The average molecular weight is 284 g/mol. The van der Waals surface area contributed by atoms with Crippen LogP contribution < -0.4 is 10.6 Å². The van der Waals surface area contributed by atoms with Gasteiger partial charge >= 0.3 is 0 Å². The van der Waals surface area contributed by atoms with Crippen LogP contribution in [-0.2, 0) is 14.6 Å². The highest BCUT2D eigenvalue weighted by Crippen LogP contribution is 2.32. The molecule has 2 N–H and O–H groups in total. The van der Waals surface area contributed by atoms with Crippen molar-refractivity contribution in [2.24, 2.45) is 5.92 Å². The van der Waals surface area contributed by atoms with E-state index in [2.05, 4.69) is 10.6 Å². The van der Waals surface area contributed by atoms with E-state index in [0.29, 0.717) is 24.4 Å². The number of nitrogens with one attached hydrogen (secondary N) is 2. The lowest BCUT2D eigenvalue weighted by molar-refractivity contribution is -0.122. The van der Waals surface area contributed by atoms with Crippen LogP contribution in [0.25, 0.3) is 0 Å². The Bertz CT molecular complexity index is 488. The number of hydrogen-bond donors (Lipinski definition) is 2. The number of hydrogen-bond acceptors (Lipinski definition) is 4. The highest BCUT2D eigenvalue weighted by atomic mass is 32.2. The summed E-state index contributed by atoms with van der Waals surface area (Å²) in [5, 5.41) is 7.56. The maximum atomic E-state index is 12.0. The number of carbonyl (C=O) groups is 1. The lowest BCUT2D eigenvalue weighted by Crippen LogP contribution is -2.41. The summed E-state index contributed by atoms with van der Waals surface area (Å²) in [7, 11) is -3.09. The average Bonchev–Trinajstić information content (AvgIpc) is 2.81. The van der Waals surface area contributed by atoms with Crippen molar-refractivity contribution in [3.05, 3.63) is 11.5 Å². The molecular weight excluding hydrogens is 264 g/mol. The van der Waals surface area contributed by atoms with Crippen molar-refractivity contribution in [2.75, 3.05) is 5.75 Å². The van der Waals surface area contributed by atoms with Gasteiger partial charge in [0, 0.05) is 23.9 Å². The molecule has 3 unspecified atom stereocenters. The van der Waals surface area contributed by atoms with Gasteiger partial charge in [0.1, 0.15) is 0 Å². The van der Waals surface area contributed by atoms with Gasteiger partial charge in [0.25, 0.3) is 0 Å². The summed E-state index contributed by atoms with van der Waals surface area (Å²) in [6, 6.07) is 0.836. The predicted octanol–water partition coefficient (Wildman–Crippen LogP) is 0.334. The molecule has 106 valence electrons. The van der Waals surface area contributed by atoms with Crippen molar-refractivity contribution < 1.29 is 13.2 Å². The van der Waals surface area contributed by atoms with E-state index < -0.39 is 9.84 Å². The van der Waals surface area contributed by atoms with Gasteiger partial charge in [0.2, 0.25) is 5.91 Å². The fourth-order valence-electron chi connectivity index (χ4n) is 3.54. The van der Waals surface area contributed by atoms with Crippen molar-refractivity contribution in [3.8, 4) is 0 Å². The molecule has 6 heteroatoms. The molecule has 3 atom stereocenters. The maximum absolute atomic E-state index is 12.0. The largest absolute Gasteiger partial charge is 0.349 e. The topological polar surface area (TPSA) is 75.3 Å². The minimum absolute atomic E-state index is 0.0101. The molecule has 0 aromatic carbocycles. The van der Waals surface area contributed by atoms with Crippen molar-refractivity contribution >= 4 is 15.7 Å². The standard InChI is InChI=1S/C13H20N2O3S/c16-13(15-12-3-4-19(17,18)8-12)7-9-5-10-1-2-11(6-9)14-10/h3-4,9-12,14H,1-2,5-8H2,(H,15,16). The SMILES string of the molecule is O=C(CC1CC2CCC(C1)N2)NC1C=CS(=O)(=O)C1. The summed E-state index contributed by atoms with van der Waals surface area (Å²) >= 11 is 0. The Hall–Kier alpha value is -0.880. The first-order chi connectivity index (χ1) is 9.00. The summed E-state index contributed by atoms with van der Waals surface area (Å²) in [6.45, 7) is 0. The van der Waals surface area contributed by atoms with Crippen molar-refractivity contribution in [1.82, 2.24) is 10.6 Å². The maximum Gasteiger partial charge on any atom is 0.220 e. The second-order valence-corrected chi connectivity index (χ2v) is 7.94. The van der Waals surface area contributed by atoms with E-state index in [-0.39, 0.29) is 17.7 Å². The van der Waals surface area contributed by atoms with Gasteiger partial charge in [0.15, 0.2) is 9.84 Å². The first-order valence-corrected chi connectivity index (χ1v) is 8.68. The zero-order valence-corrected chi connectivity index (χ0v) is 11.7. The van der Waals surface area contributed by atoms with Crippen LogP contribution in [0, 0.1) is 5.92 Å². The molecule has 0 aromatic rings. The van der Waals surface area contributed by atoms with E-state index in [1.165, 1.54) is 18.2 Å². The molecule has 0 aliphatic carbocycles. The Morgan fingerprint density at radius 1 is 1.26 bits per heavy atom. The first kappa shape index (κ1) is 13.1. The minimum Gasteiger partial charge on any atom is -0.349 e. The lowest BCUT2D eigenvalue weighted by atomic mass is 9.89. The van der Waals surface area contributed by atoms with E-state index in [1.807, 2.05) is 0 Å². The fraction of sp³-hybridized carbons (Fsp3) is 0.769. The normalized spacial score (nSPS) is 39.4. The van der Waals surface area contributed by atoms with Gasteiger partial charge < -0.3 is 10.6 Å². The fourth-order valence-corrected chi connectivity index (χ4v) is 4.77. The Kier molecular flexibility index (Phi) is 3.39. The van der Waals surface area contributed by atoms with E-state index in [4.69, 9.17) is 0 Å². The third kappa shape index (κ3) is 3.17. The highest BCUT2D eigenvalue weighted by Gasteiger charge is 2.34. The highest BCUT2D eigenvalue weighted by molar-refractivity contribution is 7.94. The number of amides is 1. The van der Waals surface area contributed by atoms with Crippen LogP contribution in [0.2, 0.25) is 0 Å². The zero-order valence-electron chi connectivity index (χ0n) is 10.8. The molecule has 1 amide bonds. The third-order valence-corrected chi connectivity index (χ3v) is 5.72. The van der Waals surface area contributed by atoms with Gasteiger partial charge in [-0.3, -0.25) is 4.79 Å². The Balaban J connectivity index is 1.48. The van der Waals surface area contributed by atoms with Crippen LogP contribution in [0.4, 0.5) is 0 Å². The van der Waals surface area contributed by atoms with Gasteiger partial charge in [-0.1, -0.05) is 0 Å². The number of sulfone groups is 1. The summed E-state index contributed by atoms with van der Waals surface area (Å²) in [6.07, 6.45) is 6.70. The smallest absolute Gasteiger partial charge is 0.220 e. The number of carbonyl (C=O) groups excluding carboxylic acids is 1. The number of fused-ring (bicyclic) bond motifs is 2. The molecule has 0 spiro atoms. The predicted molar refractivity (Wildman–Crippen MR) is 72.1 cm³/mol. The Morgan fingerprint density at radius 2 is 1.95 bits per heavy atom. The molecule has 5 nitrogen and oxygen atoms in total. The van der Waals surface area contributed by atoms with Crippen molar-refractivity contribution in [1.29, 1.82) is 0 Å². The molecule has 0 radical (unpaired) electrons. The third-order valence-electron chi connectivity index (χ3n) is 4.32. The second kappa shape index (κ2) is 4.90. The van der Waals surface area contributed by atoms with Crippen LogP contribution in [-0.4, -0.2) is 38.2 Å². The lowest BCUT2D eigenvalue weighted by Gasteiger charge is -2.28. The van der Waals surface area contributed by atoms with E-state index in [9.17, 15) is 13.2 Å². The summed E-state index contributed by atoms with van der Waals surface area (Å²) in [5.74, 6) is 0.440. The molecule has 2 saturated heterocycles. The van der Waals surface area contributed by atoms with Crippen molar-refractivity contribution in [3.63, 3.8) is 0 Å². The van der Waals surface area contributed by atoms with E-state index in [1.54, 1.807) is 6.08 Å². The molecule has 2 bridgehead atoms. The van der Waals surface area contributed by atoms with Gasteiger partial charge in [-0.05, 0) is 37.7 Å². The molecule has 19 heavy (non-hydrogen) atoms. The van der Waals surface area contributed by atoms with Crippen LogP contribution in [0.1, 0.15) is 32.1 Å². The molecule has 0 saturated carbocycles. The quantitative estimate of drug-likeness (QED) is 0.783. The minimum atomic E-state index is -3.09. The number of piperidine rings is 1. The van der Waals surface area contributed by atoms with Crippen LogP contribution >= 0.6 is 0 Å². The molecule has 2 fully saturated rings. The van der Waals surface area contributed by atoms with Gasteiger partial charge in [-0.25, -0.2) is 8.42 Å². The van der Waals surface area contributed by atoms with Crippen LogP contribution in [0.5, 0.6) is 0 Å². The van der Waals surface area contributed by atoms with Gasteiger partial charge in [-0.15, -0.1) is 0 Å². The molecule has 0 aromatic heterocycles. The van der Waals surface area contributed by atoms with Crippen LogP contribution in [0.3, 0.4) is 0 Å². The summed E-state index contributed by atoms with van der Waals surface area (Å²) in [4.78, 5) is 12.0. The molecule has 3 heterocycles.